The molecule has 0 bridgehead atoms. The van der Waals surface area contributed by atoms with Gasteiger partial charge >= 0.3 is 0 Å². The highest BCUT2D eigenvalue weighted by molar-refractivity contribution is 5.75. The van der Waals surface area contributed by atoms with Crippen molar-refractivity contribution in [3.8, 4) is 0 Å². The van der Waals surface area contributed by atoms with Crippen molar-refractivity contribution in [2.75, 3.05) is 6.61 Å². The summed E-state index contributed by atoms with van der Waals surface area (Å²) < 4.78 is 0.789. The summed E-state index contributed by atoms with van der Waals surface area (Å²) in [5.41, 5.74) is 1.23. The molecule has 3 heteroatoms. The van der Waals surface area contributed by atoms with E-state index < -0.39 is 5.54 Å². The first-order valence-corrected chi connectivity index (χ1v) is 4.94. The number of aliphatic hydroxyl groups excluding tert-OH is 1. The number of rotatable bonds is 3. The van der Waals surface area contributed by atoms with Gasteiger partial charge in [0.25, 0.3) is 0 Å². The van der Waals surface area contributed by atoms with Gasteiger partial charge in [-0.05, 0) is 19.1 Å². The van der Waals surface area contributed by atoms with E-state index in [1.165, 1.54) is 6.21 Å². The van der Waals surface area contributed by atoms with Gasteiger partial charge in [0.05, 0.1) is 0 Å². The van der Waals surface area contributed by atoms with Gasteiger partial charge in [0.15, 0.2) is 11.8 Å². The van der Waals surface area contributed by atoms with Crippen LogP contribution in [-0.2, 0) is 0 Å². The number of aliphatic hydroxyl groups is 1. The summed E-state index contributed by atoms with van der Waals surface area (Å²) in [6.07, 6.45) is 1.50. The lowest BCUT2D eigenvalue weighted by molar-refractivity contribution is -0.539. The van der Waals surface area contributed by atoms with E-state index in [2.05, 4.69) is 0 Å². The second-order valence-electron chi connectivity index (χ2n) is 4.34. The van der Waals surface area contributed by atoms with E-state index in [0.717, 1.165) is 15.9 Å². The summed E-state index contributed by atoms with van der Waals surface area (Å²) in [4.78, 5) is 0. The molecule has 1 aromatic carbocycles. The normalized spacial score (nSPS) is 12.9. The SMILES string of the molecule is Cc1ccc(/C=[N+](\[O-])C(C)(C)CO)cc1. The van der Waals surface area contributed by atoms with Gasteiger partial charge in [0.2, 0.25) is 0 Å². The van der Waals surface area contributed by atoms with Crippen LogP contribution >= 0.6 is 0 Å². The number of aryl methyl sites for hydroxylation is 1. The molecule has 0 saturated heterocycles. The molecule has 0 saturated carbocycles. The van der Waals surface area contributed by atoms with Gasteiger partial charge < -0.3 is 10.3 Å². The van der Waals surface area contributed by atoms with E-state index in [1.54, 1.807) is 13.8 Å². The van der Waals surface area contributed by atoms with Gasteiger partial charge in [-0.3, -0.25) is 0 Å². The van der Waals surface area contributed by atoms with Crippen molar-refractivity contribution < 1.29 is 9.85 Å². The Labute approximate surface area is 90.3 Å². The highest BCUT2D eigenvalue weighted by Gasteiger charge is 2.24. The zero-order valence-electron chi connectivity index (χ0n) is 9.40. The van der Waals surface area contributed by atoms with Crippen LogP contribution in [0.25, 0.3) is 0 Å². The van der Waals surface area contributed by atoms with Gasteiger partial charge in [-0.2, -0.15) is 0 Å². The van der Waals surface area contributed by atoms with Crippen LogP contribution in [-0.4, -0.2) is 28.2 Å². The fourth-order valence-electron chi connectivity index (χ4n) is 1.03. The van der Waals surface area contributed by atoms with Crippen LogP contribution in [0.1, 0.15) is 25.0 Å². The number of hydroxylamine groups is 1. The maximum absolute atomic E-state index is 11.7. The minimum atomic E-state index is -0.773. The summed E-state index contributed by atoms with van der Waals surface area (Å²) in [7, 11) is 0. The van der Waals surface area contributed by atoms with E-state index in [-0.39, 0.29) is 6.61 Å². The molecule has 0 heterocycles. The molecule has 1 rings (SSSR count). The summed E-state index contributed by atoms with van der Waals surface area (Å²) >= 11 is 0. The third kappa shape index (κ3) is 3.06. The minimum absolute atomic E-state index is 0.168. The predicted octanol–water partition coefficient (Wildman–Crippen LogP) is 1.70. The van der Waals surface area contributed by atoms with Crippen molar-refractivity contribution >= 4 is 6.21 Å². The largest absolute Gasteiger partial charge is 0.623 e. The molecule has 0 unspecified atom stereocenters. The van der Waals surface area contributed by atoms with E-state index in [0.29, 0.717) is 0 Å². The molecule has 0 radical (unpaired) electrons. The highest BCUT2D eigenvalue weighted by atomic mass is 16.5. The second kappa shape index (κ2) is 4.45. The van der Waals surface area contributed by atoms with E-state index in [1.807, 2.05) is 31.2 Å². The molecule has 0 amide bonds. The van der Waals surface area contributed by atoms with E-state index in [9.17, 15) is 5.21 Å². The Hall–Kier alpha value is -1.35. The predicted molar refractivity (Wildman–Crippen MR) is 61.1 cm³/mol. The maximum atomic E-state index is 11.7. The van der Waals surface area contributed by atoms with Crippen LogP contribution in [0.3, 0.4) is 0 Å². The molecular weight excluding hydrogens is 190 g/mol. The number of hydrogen-bond acceptors (Lipinski definition) is 2. The van der Waals surface area contributed by atoms with Crippen LogP contribution in [0.15, 0.2) is 24.3 Å². The molecule has 0 aliphatic rings. The lowest BCUT2D eigenvalue weighted by Gasteiger charge is -2.21. The Morgan fingerprint density at radius 1 is 1.33 bits per heavy atom. The standard InChI is InChI=1S/C12H17NO2/c1-10-4-6-11(7-5-10)8-13(15)12(2,3)9-14/h4-8,14H,9H2,1-3H3/b13-8-. The Morgan fingerprint density at radius 3 is 2.33 bits per heavy atom. The topological polar surface area (TPSA) is 46.3 Å². The van der Waals surface area contributed by atoms with Crippen LogP contribution < -0.4 is 0 Å². The van der Waals surface area contributed by atoms with Gasteiger partial charge in [-0.15, -0.1) is 0 Å². The average Bonchev–Trinajstić information content (AvgIpc) is 2.21. The zero-order valence-corrected chi connectivity index (χ0v) is 9.40. The lowest BCUT2D eigenvalue weighted by atomic mass is 10.1. The van der Waals surface area contributed by atoms with E-state index >= 15 is 0 Å². The van der Waals surface area contributed by atoms with E-state index in [4.69, 9.17) is 5.11 Å². The first-order valence-electron chi connectivity index (χ1n) is 4.94. The molecule has 0 aliphatic heterocycles. The quantitative estimate of drug-likeness (QED) is 0.355. The lowest BCUT2D eigenvalue weighted by Crippen LogP contribution is -2.37. The minimum Gasteiger partial charge on any atom is -0.623 e. The highest BCUT2D eigenvalue weighted by Crippen LogP contribution is 2.07. The van der Waals surface area contributed by atoms with Crippen LogP contribution in [0.2, 0.25) is 0 Å². The average molecular weight is 207 g/mol. The fourth-order valence-corrected chi connectivity index (χ4v) is 1.03. The Balaban J connectivity index is 2.92. The molecular formula is C12H17NO2. The summed E-state index contributed by atoms with van der Waals surface area (Å²) in [6.45, 7) is 5.23. The van der Waals surface area contributed by atoms with Crippen LogP contribution in [0, 0.1) is 12.1 Å². The second-order valence-corrected chi connectivity index (χ2v) is 4.34. The molecule has 1 N–H and O–H groups in total. The van der Waals surface area contributed by atoms with Crippen LogP contribution in [0.5, 0.6) is 0 Å². The smallest absolute Gasteiger partial charge is 0.190 e. The van der Waals surface area contributed by atoms with Gasteiger partial charge in [-0.25, -0.2) is 4.74 Å². The summed E-state index contributed by atoms with van der Waals surface area (Å²) in [5, 5.41) is 20.7. The molecule has 3 nitrogen and oxygen atoms in total. The van der Waals surface area contributed by atoms with Crippen molar-refractivity contribution in [3.05, 3.63) is 40.6 Å². The molecule has 0 atom stereocenters. The molecule has 0 spiro atoms. The number of hydrogen-bond donors (Lipinski definition) is 1. The summed E-state index contributed by atoms with van der Waals surface area (Å²) in [6, 6.07) is 7.67. The Kier molecular flexibility index (Phi) is 3.48. The fraction of sp³-hybridized carbons (Fsp3) is 0.417. The molecule has 82 valence electrons. The van der Waals surface area contributed by atoms with Crippen molar-refractivity contribution in [1.82, 2.24) is 0 Å². The number of benzene rings is 1. The molecule has 1 aromatic rings. The van der Waals surface area contributed by atoms with Crippen LogP contribution in [0.4, 0.5) is 0 Å². The molecule has 0 aromatic heterocycles. The summed E-state index contributed by atoms with van der Waals surface area (Å²) in [5.74, 6) is 0. The van der Waals surface area contributed by atoms with Crippen molar-refractivity contribution in [2.24, 2.45) is 0 Å². The van der Waals surface area contributed by atoms with Gasteiger partial charge in [0.1, 0.15) is 6.61 Å². The first kappa shape index (κ1) is 11.7. The molecule has 0 fully saturated rings. The first-order chi connectivity index (χ1) is 6.95. The van der Waals surface area contributed by atoms with Crippen molar-refractivity contribution in [3.63, 3.8) is 0 Å². The Morgan fingerprint density at radius 2 is 1.87 bits per heavy atom. The third-order valence-corrected chi connectivity index (χ3v) is 2.33. The van der Waals surface area contributed by atoms with Gasteiger partial charge in [-0.1, -0.05) is 17.7 Å². The molecule has 15 heavy (non-hydrogen) atoms. The molecule has 0 aliphatic carbocycles. The number of nitrogens with zero attached hydrogens (tertiary/aromatic N) is 1. The van der Waals surface area contributed by atoms with Gasteiger partial charge in [0, 0.05) is 19.4 Å². The zero-order chi connectivity index (χ0) is 11.5. The Bertz CT molecular complexity index is 352. The monoisotopic (exact) mass is 207 g/mol. The van der Waals surface area contributed by atoms with Crippen molar-refractivity contribution in [2.45, 2.75) is 26.3 Å². The maximum Gasteiger partial charge on any atom is 0.190 e. The third-order valence-electron chi connectivity index (χ3n) is 2.33. The van der Waals surface area contributed by atoms with Crippen molar-refractivity contribution in [1.29, 1.82) is 0 Å².